The summed E-state index contributed by atoms with van der Waals surface area (Å²) in [7, 11) is 1.59. The number of nitrogens with one attached hydrogen (secondary N) is 1. The molecule has 0 unspecified atom stereocenters. The Morgan fingerprint density at radius 2 is 2.08 bits per heavy atom. The lowest BCUT2D eigenvalue weighted by Crippen LogP contribution is -2.24. The van der Waals surface area contributed by atoms with E-state index in [-0.39, 0.29) is 6.61 Å². The number of esters is 1. The van der Waals surface area contributed by atoms with E-state index < -0.39 is 17.7 Å². The topological polar surface area (TPSA) is 38.3 Å². The second-order valence-corrected chi connectivity index (χ2v) is 2.22. The first kappa shape index (κ1) is 12.0. The predicted molar refractivity (Wildman–Crippen MR) is 40.1 cm³/mol. The van der Waals surface area contributed by atoms with E-state index in [2.05, 4.69) is 16.6 Å². The zero-order chi connectivity index (χ0) is 10.5. The van der Waals surface area contributed by atoms with Crippen LogP contribution in [0.25, 0.3) is 0 Å². The number of hydrogen-bond acceptors (Lipinski definition) is 3. The lowest BCUT2D eigenvalue weighted by molar-refractivity contribution is -0.150. The van der Waals surface area contributed by atoms with Crippen LogP contribution < -0.4 is 5.32 Å². The van der Waals surface area contributed by atoms with Crippen molar-refractivity contribution < 1.29 is 22.7 Å². The van der Waals surface area contributed by atoms with Gasteiger partial charge in [0.2, 0.25) is 0 Å². The molecule has 0 heterocycles. The fourth-order valence-electron chi connectivity index (χ4n) is 0.449. The van der Waals surface area contributed by atoms with E-state index in [4.69, 9.17) is 0 Å². The average molecular weight is 197 g/mol. The van der Waals surface area contributed by atoms with E-state index in [9.17, 15) is 18.0 Å². The van der Waals surface area contributed by atoms with Crippen LogP contribution in [0.2, 0.25) is 0 Å². The Morgan fingerprint density at radius 3 is 2.46 bits per heavy atom. The molecule has 0 aliphatic rings. The number of alkyl halides is 3. The zero-order valence-electron chi connectivity index (χ0n) is 7.07. The van der Waals surface area contributed by atoms with Gasteiger partial charge in [0.25, 0.3) is 0 Å². The molecule has 0 saturated carbocycles. The van der Waals surface area contributed by atoms with Gasteiger partial charge in [0.15, 0.2) is 0 Å². The van der Waals surface area contributed by atoms with Crippen molar-refractivity contribution in [3.8, 4) is 0 Å². The maximum atomic E-state index is 11.8. The molecule has 0 amide bonds. The summed E-state index contributed by atoms with van der Waals surface area (Å²) in [4.78, 5) is 10.6. The molecule has 0 bridgehead atoms. The van der Waals surface area contributed by atoms with E-state index in [1.54, 1.807) is 7.05 Å². The zero-order valence-corrected chi connectivity index (χ0v) is 7.07. The Labute approximate surface area is 73.6 Å². The van der Waals surface area contributed by atoms with Gasteiger partial charge in [-0.25, -0.2) is 4.79 Å². The van der Waals surface area contributed by atoms with Gasteiger partial charge in [0.05, 0.1) is 0 Å². The molecule has 0 aromatic rings. The first-order valence-electron chi connectivity index (χ1n) is 3.47. The van der Waals surface area contributed by atoms with Crippen LogP contribution in [0.15, 0.2) is 12.2 Å². The van der Waals surface area contributed by atoms with Crippen LogP contribution in [0, 0.1) is 0 Å². The van der Waals surface area contributed by atoms with Crippen LogP contribution >= 0.6 is 0 Å². The molecule has 0 aliphatic carbocycles. The monoisotopic (exact) mass is 197 g/mol. The molecule has 0 atom stereocenters. The number of ether oxygens (including phenoxy) is 1. The van der Waals surface area contributed by atoms with Crippen LogP contribution in [0.4, 0.5) is 13.2 Å². The van der Waals surface area contributed by atoms with Crippen molar-refractivity contribution >= 4 is 5.97 Å². The first-order chi connectivity index (χ1) is 5.89. The smallest absolute Gasteiger partial charge is 0.422 e. The summed E-state index contributed by atoms with van der Waals surface area (Å²) in [6.45, 7) is 2.78. The number of carbonyl (C=O) groups excluding carboxylic acids is 1. The molecule has 6 heteroatoms. The molecule has 76 valence electrons. The molecule has 0 aliphatic heterocycles. The maximum Gasteiger partial charge on any atom is 0.422 e. The van der Waals surface area contributed by atoms with Gasteiger partial charge in [-0.3, -0.25) is 0 Å². The van der Waals surface area contributed by atoms with Crippen molar-refractivity contribution in [3.05, 3.63) is 12.2 Å². The Hall–Kier alpha value is -1.04. The van der Waals surface area contributed by atoms with E-state index in [0.717, 1.165) is 0 Å². The van der Waals surface area contributed by atoms with Crippen molar-refractivity contribution in [1.29, 1.82) is 0 Å². The largest absolute Gasteiger partial charge is 0.461 e. The van der Waals surface area contributed by atoms with Gasteiger partial charge >= 0.3 is 12.1 Å². The van der Waals surface area contributed by atoms with Gasteiger partial charge in [-0.05, 0) is 7.05 Å². The molecule has 13 heavy (non-hydrogen) atoms. The van der Waals surface area contributed by atoms with E-state index >= 15 is 0 Å². The van der Waals surface area contributed by atoms with Crippen LogP contribution in [-0.4, -0.2) is 32.3 Å². The highest BCUT2D eigenvalue weighted by Gasteiger charge is 2.37. The fourth-order valence-corrected chi connectivity index (χ4v) is 0.449. The van der Waals surface area contributed by atoms with Crippen molar-refractivity contribution in [2.24, 2.45) is 0 Å². The summed E-state index contributed by atoms with van der Waals surface area (Å²) < 4.78 is 39.6. The van der Waals surface area contributed by atoms with Crippen molar-refractivity contribution in [2.75, 3.05) is 20.2 Å². The Kier molecular flexibility index (Phi) is 4.47. The van der Waals surface area contributed by atoms with Crippen LogP contribution in [-0.2, 0) is 9.53 Å². The van der Waals surface area contributed by atoms with Crippen LogP contribution in [0.3, 0.4) is 0 Å². The second-order valence-electron chi connectivity index (χ2n) is 2.22. The molecular weight excluding hydrogens is 187 g/mol. The molecule has 0 saturated heterocycles. The minimum atomic E-state index is -4.71. The lowest BCUT2D eigenvalue weighted by atomic mass is 10.3. The van der Waals surface area contributed by atoms with Gasteiger partial charge in [0.1, 0.15) is 12.2 Å². The predicted octanol–water partition coefficient (Wildman–Crippen LogP) is 0.867. The van der Waals surface area contributed by atoms with Crippen LogP contribution in [0.1, 0.15) is 0 Å². The Balaban J connectivity index is 3.92. The summed E-state index contributed by atoms with van der Waals surface area (Å²) >= 11 is 0. The number of halogens is 3. The third-order valence-corrected chi connectivity index (χ3v) is 1.17. The quantitative estimate of drug-likeness (QED) is 0.413. The van der Waals surface area contributed by atoms with E-state index in [0.29, 0.717) is 6.54 Å². The van der Waals surface area contributed by atoms with Gasteiger partial charge in [-0.2, -0.15) is 13.2 Å². The number of hydrogen-bond donors (Lipinski definition) is 1. The number of likely N-dealkylation sites (N-methyl/N-ethyl adjacent to an activating group) is 1. The van der Waals surface area contributed by atoms with Crippen molar-refractivity contribution in [2.45, 2.75) is 6.18 Å². The normalized spacial score (nSPS) is 11.1. The van der Waals surface area contributed by atoms with Crippen molar-refractivity contribution in [3.63, 3.8) is 0 Å². The third-order valence-electron chi connectivity index (χ3n) is 1.17. The summed E-state index contributed by atoms with van der Waals surface area (Å²) in [5.41, 5.74) is -1.48. The Morgan fingerprint density at radius 1 is 1.54 bits per heavy atom. The van der Waals surface area contributed by atoms with Gasteiger partial charge in [-0.15, -0.1) is 0 Å². The fraction of sp³-hybridized carbons (Fsp3) is 0.571. The molecule has 1 N–H and O–H groups in total. The van der Waals surface area contributed by atoms with Crippen LogP contribution in [0.5, 0.6) is 0 Å². The Bertz CT molecular complexity index is 200. The lowest BCUT2D eigenvalue weighted by Gasteiger charge is -2.09. The van der Waals surface area contributed by atoms with Gasteiger partial charge in [-0.1, -0.05) is 6.58 Å². The van der Waals surface area contributed by atoms with Crippen molar-refractivity contribution in [1.82, 2.24) is 5.32 Å². The summed E-state index contributed by atoms with van der Waals surface area (Å²) in [6.07, 6.45) is -4.71. The molecule has 0 radical (unpaired) electrons. The summed E-state index contributed by atoms with van der Waals surface area (Å²) in [6, 6.07) is 0. The highest BCUT2D eigenvalue weighted by molar-refractivity contribution is 5.89. The van der Waals surface area contributed by atoms with Gasteiger partial charge < -0.3 is 10.1 Å². The minimum absolute atomic E-state index is 0.107. The molecule has 0 aromatic carbocycles. The summed E-state index contributed by atoms with van der Waals surface area (Å²) in [5.74, 6) is -1.43. The third kappa shape index (κ3) is 4.51. The summed E-state index contributed by atoms with van der Waals surface area (Å²) in [5, 5.41) is 2.61. The maximum absolute atomic E-state index is 11.8. The molecule has 0 spiro atoms. The number of rotatable bonds is 4. The minimum Gasteiger partial charge on any atom is -0.461 e. The van der Waals surface area contributed by atoms with Gasteiger partial charge in [0, 0.05) is 6.54 Å². The molecule has 0 rings (SSSR count). The highest BCUT2D eigenvalue weighted by atomic mass is 19.4. The van der Waals surface area contributed by atoms with E-state index in [1.165, 1.54) is 0 Å². The van der Waals surface area contributed by atoms with E-state index in [1.807, 2.05) is 0 Å². The average Bonchev–Trinajstić information content (AvgIpc) is 2.01. The molecule has 0 fully saturated rings. The SMILES string of the molecule is C=C(C(=O)OCCNC)C(F)(F)F. The number of carbonyl (C=O) groups is 1. The molecule has 3 nitrogen and oxygen atoms in total. The molecular formula is C7H10F3NO2. The standard InChI is InChI=1S/C7H10F3NO2/c1-5(7(8,9)10)6(12)13-4-3-11-2/h11H,1,3-4H2,2H3. The second kappa shape index (κ2) is 4.86. The molecule has 0 aromatic heterocycles. The highest BCUT2D eigenvalue weighted by Crippen LogP contribution is 2.24. The first-order valence-corrected chi connectivity index (χ1v) is 3.47.